The molecule has 0 heterocycles. The van der Waals surface area contributed by atoms with Crippen molar-refractivity contribution in [2.75, 3.05) is 6.61 Å². The van der Waals surface area contributed by atoms with Crippen molar-refractivity contribution in [2.24, 2.45) is 0 Å². The van der Waals surface area contributed by atoms with E-state index in [2.05, 4.69) is 0 Å². The molecule has 0 aromatic heterocycles. The fourth-order valence-electron chi connectivity index (χ4n) is 1.26. The molecule has 0 aliphatic heterocycles. The van der Waals surface area contributed by atoms with Crippen LogP contribution in [0.5, 0.6) is 0 Å². The lowest BCUT2D eigenvalue weighted by Crippen LogP contribution is -2.11. The van der Waals surface area contributed by atoms with Crippen molar-refractivity contribution >= 4 is 6.08 Å². The summed E-state index contributed by atoms with van der Waals surface area (Å²) >= 11 is 0. The molecule has 1 nitrogen and oxygen atoms in total. The summed E-state index contributed by atoms with van der Waals surface area (Å²) in [5, 5.41) is 8.45. The van der Waals surface area contributed by atoms with Gasteiger partial charge in [-0.3, -0.25) is 0 Å². The Bertz CT molecular complexity index is 412. The summed E-state index contributed by atoms with van der Waals surface area (Å²) in [6.45, 7) is -0.475. The quantitative estimate of drug-likeness (QED) is 0.812. The standard InChI is InChI=1S/C11H8F6O/c12-10(13,14)8-4-7(2-1-3-18)5-9(6-8)11(15,16)17/h1-2,4-6,18H,3H2/b2-1+. The van der Waals surface area contributed by atoms with Gasteiger partial charge in [-0.1, -0.05) is 12.2 Å². The highest BCUT2D eigenvalue weighted by Gasteiger charge is 2.36. The van der Waals surface area contributed by atoms with E-state index in [1.165, 1.54) is 0 Å². The molecule has 0 amide bonds. The first-order valence-electron chi connectivity index (χ1n) is 4.71. The highest BCUT2D eigenvalue weighted by atomic mass is 19.4. The van der Waals surface area contributed by atoms with Gasteiger partial charge in [-0.15, -0.1) is 0 Å². The van der Waals surface area contributed by atoms with E-state index in [4.69, 9.17) is 5.11 Å². The van der Waals surface area contributed by atoms with Crippen LogP contribution in [0.2, 0.25) is 0 Å². The molecule has 1 aromatic rings. The van der Waals surface area contributed by atoms with Gasteiger partial charge in [0, 0.05) is 0 Å². The topological polar surface area (TPSA) is 20.2 Å². The largest absolute Gasteiger partial charge is 0.416 e. The van der Waals surface area contributed by atoms with E-state index in [1.807, 2.05) is 0 Å². The molecule has 0 fully saturated rings. The molecule has 0 atom stereocenters. The highest BCUT2D eigenvalue weighted by Crippen LogP contribution is 2.36. The number of aliphatic hydroxyl groups is 1. The summed E-state index contributed by atoms with van der Waals surface area (Å²) < 4.78 is 74.5. The van der Waals surface area contributed by atoms with Crippen LogP contribution in [-0.2, 0) is 12.4 Å². The third-order valence-electron chi connectivity index (χ3n) is 2.03. The van der Waals surface area contributed by atoms with Gasteiger partial charge in [-0.05, 0) is 23.8 Å². The number of halogens is 6. The maximum absolute atomic E-state index is 12.4. The highest BCUT2D eigenvalue weighted by molar-refractivity contribution is 5.53. The minimum atomic E-state index is -4.86. The van der Waals surface area contributed by atoms with Crippen LogP contribution in [0.25, 0.3) is 6.08 Å². The molecule has 18 heavy (non-hydrogen) atoms. The van der Waals surface area contributed by atoms with Gasteiger partial charge in [0.2, 0.25) is 0 Å². The van der Waals surface area contributed by atoms with Crippen LogP contribution < -0.4 is 0 Å². The average molecular weight is 270 g/mol. The van der Waals surface area contributed by atoms with E-state index >= 15 is 0 Å². The number of hydrogen-bond donors (Lipinski definition) is 1. The molecule has 1 rings (SSSR count). The molecule has 0 spiro atoms. The molecule has 0 saturated heterocycles. The number of benzene rings is 1. The molecular weight excluding hydrogens is 262 g/mol. The van der Waals surface area contributed by atoms with Crippen LogP contribution >= 0.6 is 0 Å². The molecule has 100 valence electrons. The van der Waals surface area contributed by atoms with Crippen LogP contribution in [-0.4, -0.2) is 11.7 Å². The lowest BCUT2D eigenvalue weighted by atomic mass is 10.0. The van der Waals surface area contributed by atoms with Crippen molar-refractivity contribution in [3.05, 3.63) is 41.0 Å². The van der Waals surface area contributed by atoms with Crippen molar-refractivity contribution in [3.8, 4) is 0 Å². The molecule has 0 radical (unpaired) electrons. The Morgan fingerprint density at radius 1 is 0.889 bits per heavy atom. The Labute approximate surface area is 98.4 Å². The Hall–Kier alpha value is -1.50. The van der Waals surface area contributed by atoms with Gasteiger partial charge >= 0.3 is 12.4 Å². The number of hydrogen-bond acceptors (Lipinski definition) is 1. The summed E-state index contributed by atoms with van der Waals surface area (Å²) in [6.07, 6.45) is -7.67. The van der Waals surface area contributed by atoms with Crippen molar-refractivity contribution in [3.63, 3.8) is 0 Å². The fraction of sp³-hybridized carbons (Fsp3) is 0.273. The number of rotatable bonds is 2. The van der Waals surface area contributed by atoms with E-state index < -0.39 is 30.1 Å². The Kier molecular flexibility index (Phi) is 4.05. The predicted octanol–water partition coefficient (Wildman–Crippen LogP) is 3.73. The summed E-state index contributed by atoms with van der Waals surface area (Å²) in [7, 11) is 0. The van der Waals surface area contributed by atoms with E-state index in [-0.39, 0.29) is 11.6 Å². The molecule has 0 aliphatic carbocycles. The van der Waals surface area contributed by atoms with E-state index in [9.17, 15) is 26.3 Å². The average Bonchev–Trinajstić information content (AvgIpc) is 2.23. The van der Waals surface area contributed by atoms with Crippen molar-refractivity contribution in [2.45, 2.75) is 12.4 Å². The first-order chi connectivity index (χ1) is 8.14. The zero-order valence-corrected chi connectivity index (χ0v) is 8.81. The van der Waals surface area contributed by atoms with Gasteiger partial charge in [0.15, 0.2) is 0 Å². The Morgan fingerprint density at radius 2 is 1.33 bits per heavy atom. The maximum Gasteiger partial charge on any atom is 0.416 e. The first kappa shape index (κ1) is 14.6. The minimum Gasteiger partial charge on any atom is -0.392 e. The summed E-state index contributed by atoms with van der Waals surface area (Å²) in [5.74, 6) is 0. The van der Waals surface area contributed by atoms with E-state index in [1.54, 1.807) is 0 Å². The van der Waals surface area contributed by atoms with Crippen LogP contribution in [0.1, 0.15) is 16.7 Å². The molecule has 0 saturated carbocycles. The number of alkyl halides is 6. The molecule has 7 heteroatoms. The summed E-state index contributed by atoms with van der Waals surface area (Å²) in [5.41, 5.74) is -3.03. The molecule has 0 bridgehead atoms. The minimum absolute atomic E-state index is 0.0519. The zero-order valence-electron chi connectivity index (χ0n) is 8.81. The molecule has 1 aromatic carbocycles. The molecule has 0 aliphatic rings. The Morgan fingerprint density at radius 3 is 1.67 bits per heavy atom. The van der Waals surface area contributed by atoms with E-state index in [0.29, 0.717) is 12.1 Å². The van der Waals surface area contributed by atoms with Crippen molar-refractivity contribution < 1.29 is 31.4 Å². The second kappa shape index (κ2) is 5.01. The Balaban J connectivity index is 3.34. The SMILES string of the molecule is OC/C=C/c1cc(C(F)(F)F)cc(C(F)(F)F)c1. The third-order valence-corrected chi connectivity index (χ3v) is 2.03. The van der Waals surface area contributed by atoms with Crippen molar-refractivity contribution in [1.29, 1.82) is 0 Å². The second-order valence-electron chi connectivity index (χ2n) is 3.42. The molecular formula is C11H8F6O. The van der Waals surface area contributed by atoms with Crippen LogP contribution in [0.4, 0.5) is 26.3 Å². The second-order valence-corrected chi connectivity index (χ2v) is 3.42. The third kappa shape index (κ3) is 3.76. The summed E-state index contributed by atoms with van der Waals surface area (Å²) in [6, 6.07) is 1.22. The molecule has 0 unspecified atom stereocenters. The maximum atomic E-state index is 12.4. The fourth-order valence-corrected chi connectivity index (χ4v) is 1.26. The van der Waals surface area contributed by atoms with Crippen molar-refractivity contribution in [1.82, 2.24) is 0 Å². The molecule has 1 N–H and O–H groups in total. The first-order valence-corrected chi connectivity index (χ1v) is 4.71. The van der Waals surface area contributed by atoms with Crippen LogP contribution in [0, 0.1) is 0 Å². The monoisotopic (exact) mass is 270 g/mol. The van der Waals surface area contributed by atoms with Crippen LogP contribution in [0.3, 0.4) is 0 Å². The van der Waals surface area contributed by atoms with Gasteiger partial charge in [0.25, 0.3) is 0 Å². The zero-order chi connectivity index (χ0) is 14.0. The lowest BCUT2D eigenvalue weighted by Gasteiger charge is -2.12. The van der Waals surface area contributed by atoms with E-state index in [0.717, 1.165) is 12.2 Å². The van der Waals surface area contributed by atoms with Gasteiger partial charge in [0.05, 0.1) is 17.7 Å². The number of aliphatic hydroxyl groups excluding tert-OH is 1. The summed E-state index contributed by atoms with van der Waals surface area (Å²) in [4.78, 5) is 0. The van der Waals surface area contributed by atoms with Gasteiger partial charge in [-0.25, -0.2) is 0 Å². The normalized spacial score (nSPS) is 13.3. The van der Waals surface area contributed by atoms with Gasteiger partial charge < -0.3 is 5.11 Å². The van der Waals surface area contributed by atoms with Gasteiger partial charge in [0.1, 0.15) is 0 Å². The van der Waals surface area contributed by atoms with Gasteiger partial charge in [-0.2, -0.15) is 26.3 Å². The predicted molar refractivity (Wildman–Crippen MR) is 52.6 cm³/mol. The van der Waals surface area contributed by atoms with Crippen LogP contribution in [0.15, 0.2) is 24.3 Å². The lowest BCUT2D eigenvalue weighted by molar-refractivity contribution is -0.143. The smallest absolute Gasteiger partial charge is 0.392 e.